The fraction of sp³-hybridized carbons (Fsp3) is 0.333. The standard InChI is InChI=1S/C9H12BFO3/c1-3-6-4-5-7(10(12)13)9(14-2)8(6)11/h4-5,12-13H,3H2,1-2H3. The number of rotatable bonds is 3. The predicted octanol–water partition coefficient (Wildman–Crippen LogP) is 0.0765. The number of methoxy groups -OCH3 is 1. The Morgan fingerprint density at radius 3 is 2.50 bits per heavy atom. The molecule has 2 N–H and O–H groups in total. The number of ether oxygens (including phenoxy) is 1. The monoisotopic (exact) mass is 198 g/mol. The summed E-state index contributed by atoms with van der Waals surface area (Å²) in [5, 5.41) is 17.9. The average Bonchev–Trinajstić information content (AvgIpc) is 2.17. The lowest BCUT2D eigenvalue weighted by atomic mass is 9.79. The molecular formula is C9H12BFO3. The summed E-state index contributed by atoms with van der Waals surface area (Å²) in [6, 6.07) is 2.97. The summed E-state index contributed by atoms with van der Waals surface area (Å²) < 4.78 is 18.3. The second-order valence-corrected chi connectivity index (χ2v) is 2.89. The third-order valence-corrected chi connectivity index (χ3v) is 2.07. The van der Waals surface area contributed by atoms with Crippen molar-refractivity contribution in [3.8, 4) is 5.75 Å². The summed E-state index contributed by atoms with van der Waals surface area (Å²) in [5.74, 6) is -0.625. The first-order valence-corrected chi connectivity index (χ1v) is 4.33. The first-order chi connectivity index (χ1) is 6.61. The minimum Gasteiger partial charge on any atom is -0.494 e. The van der Waals surface area contributed by atoms with Gasteiger partial charge in [0.05, 0.1) is 7.11 Å². The minimum absolute atomic E-state index is 0.0437. The maximum atomic E-state index is 13.5. The lowest BCUT2D eigenvalue weighted by Gasteiger charge is -2.11. The highest BCUT2D eigenvalue weighted by Crippen LogP contribution is 2.18. The van der Waals surface area contributed by atoms with Gasteiger partial charge in [0.15, 0.2) is 11.6 Å². The second-order valence-electron chi connectivity index (χ2n) is 2.89. The molecule has 0 aliphatic carbocycles. The molecule has 0 aromatic heterocycles. The Labute approximate surface area is 82.3 Å². The van der Waals surface area contributed by atoms with Crippen LogP contribution in [-0.4, -0.2) is 24.3 Å². The lowest BCUT2D eigenvalue weighted by molar-refractivity contribution is 0.380. The molecule has 76 valence electrons. The van der Waals surface area contributed by atoms with Gasteiger partial charge in [0, 0.05) is 5.46 Å². The first-order valence-electron chi connectivity index (χ1n) is 4.33. The summed E-state index contributed by atoms with van der Waals surface area (Å²) in [7, 11) is -0.422. The van der Waals surface area contributed by atoms with E-state index in [4.69, 9.17) is 14.8 Å². The fourth-order valence-electron chi connectivity index (χ4n) is 1.30. The smallest absolute Gasteiger partial charge is 0.492 e. The van der Waals surface area contributed by atoms with Gasteiger partial charge in [0.25, 0.3) is 0 Å². The third-order valence-electron chi connectivity index (χ3n) is 2.07. The highest BCUT2D eigenvalue weighted by Gasteiger charge is 2.21. The Morgan fingerprint density at radius 1 is 1.43 bits per heavy atom. The maximum Gasteiger partial charge on any atom is 0.492 e. The Kier molecular flexibility index (Phi) is 3.49. The van der Waals surface area contributed by atoms with E-state index in [-0.39, 0.29) is 11.2 Å². The zero-order valence-corrected chi connectivity index (χ0v) is 8.12. The summed E-state index contributed by atoms with van der Waals surface area (Å²) in [4.78, 5) is 0. The van der Waals surface area contributed by atoms with Crippen molar-refractivity contribution in [2.75, 3.05) is 7.11 Å². The van der Waals surface area contributed by atoms with Gasteiger partial charge in [-0.15, -0.1) is 0 Å². The zero-order chi connectivity index (χ0) is 10.7. The fourth-order valence-corrected chi connectivity index (χ4v) is 1.30. The van der Waals surface area contributed by atoms with E-state index in [1.54, 1.807) is 0 Å². The number of hydrogen-bond donors (Lipinski definition) is 2. The summed E-state index contributed by atoms with van der Waals surface area (Å²) in [6.45, 7) is 1.81. The van der Waals surface area contributed by atoms with Gasteiger partial charge in [-0.1, -0.05) is 19.1 Å². The quantitative estimate of drug-likeness (QED) is 0.676. The molecule has 1 rings (SSSR count). The van der Waals surface area contributed by atoms with Crippen LogP contribution in [0, 0.1) is 5.82 Å². The SMILES string of the molecule is CCc1ccc(B(O)O)c(OC)c1F. The molecular weight excluding hydrogens is 186 g/mol. The minimum atomic E-state index is -1.72. The molecule has 0 amide bonds. The van der Waals surface area contributed by atoms with Crippen LogP contribution in [0.3, 0.4) is 0 Å². The van der Waals surface area contributed by atoms with Gasteiger partial charge in [0.2, 0.25) is 0 Å². The van der Waals surface area contributed by atoms with Gasteiger partial charge >= 0.3 is 7.12 Å². The van der Waals surface area contributed by atoms with Crippen molar-refractivity contribution in [1.29, 1.82) is 0 Å². The maximum absolute atomic E-state index is 13.5. The second kappa shape index (κ2) is 4.44. The van der Waals surface area contributed by atoms with Crippen molar-refractivity contribution in [3.63, 3.8) is 0 Å². The number of hydrogen-bond acceptors (Lipinski definition) is 3. The van der Waals surface area contributed by atoms with Crippen LogP contribution in [0.1, 0.15) is 12.5 Å². The topological polar surface area (TPSA) is 49.7 Å². The molecule has 1 aromatic carbocycles. The molecule has 0 atom stereocenters. The molecule has 0 spiro atoms. The van der Waals surface area contributed by atoms with Crippen LogP contribution < -0.4 is 10.2 Å². The van der Waals surface area contributed by atoms with E-state index in [0.717, 1.165) is 0 Å². The van der Waals surface area contributed by atoms with Crippen molar-refractivity contribution >= 4 is 12.6 Å². The number of aryl methyl sites for hydroxylation is 1. The van der Waals surface area contributed by atoms with E-state index in [1.165, 1.54) is 19.2 Å². The zero-order valence-electron chi connectivity index (χ0n) is 8.12. The van der Waals surface area contributed by atoms with Crippen molar-refractivity contribution in [2.24, 2.45) is 0 Å². The molecule has 0 saturated carbocycles. The highest BCUT2D eigenvalue weighted by molar-refractivity contribution is 6.59. The van der Waals surface area contributed by atoms with E-state index >= 15 is 0 Å². The highest BCUT2D eigenvalue weighted by atomic mass is 19.1. The molecule has 0 bridgehead atoms. The van der Waals surface area contributed by atoms with Crippen molar-refractivity contribution in [3.05, 3.63) is 23.5 Å². The van der Waals surface area contributed by atoms with Crippen molar-refractivity contribution < 1.29 is 19.2 Å². The van der Waals surface area contributed by atoms with Crippen molar-refractivity contribution in [1.82, 2.24) is 0 Å². The third kappa shape index (κ3) is 1.88. The van der Waals surface area contributed by atoms with Crippen LogP contribution in [0.25, 0.3) is 0 Å². The Bertz CT molecular complexity index is 328. The summed E-state index contributed by atoms with van der Waals surface area (Å²) >= 11 is 0. The van der Waals surface area contributed by atoms with Crippen LogP contribution in [0.2, 0.25) is 0 Å². The Balaban J connectivity index is 3.28. The molecule has 0 aliphatic heterocycles. The summed E-state index contributed by atoms with van der Waals surface area (Å²) in [5.41, 5.74) is 0.536. The van der Waals surface area contributed by atoms with Gasteiger partial charge < -0.3 is 14.8 Å². The Hall–Kier alpha value is -1.07. The summed E-state index contributed by atoms with van der Waals surface area (Å²) in [6.07, 6.45) is 0.532. The molecule has 0 unspecified atom stereocenters. The molecule has 0 heterocycles. The lowest BCUT2D eigenvalue weighted by Crippen LogP contribution is -2.32. The molecule has 0 fully saturated rings. The predicted molar refractivity (Wildman–Crippen MR) is 52.2 cm³/mol. The van der Waals surface area contributed by atoms with E-state index in [9.17, 15) is 4.39 Å². The van der Waals surface area contributed by atoms with E-state index in [1.807, 2.05) is 6.92 Å². The van der Waals surface area contributed by atoms with Gasteiger partial charge in [-0.2, -0.15) is 0 Å². The van der Waals surface area contributed by atoms with Crippen molar-refractivity contribution in [2.45, 2.75) is 13.3 Å². The number of benzene rings is 1. The van der Waals surface area contributed by atoms with Crippen LogP contribution in [-0.2, 0) is 6.42 Å². The molecule has 1 aromatic rings. The molecule has 0 aliphatic rings. The van der Waals surface area contributed by atoms with Gasteiger partial charge in [-0.25, -0.2) is 4.39 Å². The van der Waals surface area contributed by atoms with Crippen LogP contribution >= 0.6 is 0 Å². The van der Waals surface area contributed by atoms with E-state index in [2.05, 4.69) is 0 Å². The van der Waals surface area contributed by atoms with Crippen LogP contribution in [0.5, 0.6) is 5.75 Å². The van der Waals surface area contributed by atoms with E-state index < -0.39 is 12.9 Å². The number of halogens is 1. The Morgan fingerprint density at radius 2 is 2.07 bits per heavy atom. The van der Waals surface area contributed by atoms with Crippen LogP contribution in [0.4, 0.5) is 4.39 Å². The first kappa shape index (κ1) is 11.0. The van der Waals surface area contributed by atoms with Gasteiger partial charge in [0.1, 0.15) is 0 Å². The largest absolute Gasteiger partial charge is 0.494 e. The molecule has 0 saturated heterocycles. The van der Waals surface area contributed by atoms with Gasteiger partial charge in [-0.3, -0.25) is 0 Å². The van der Waals surface area contributed by atoms with Gasteiger partial charge in [-0.05, 0) is 12.0 Å². The molecule has 14 heavy (non-hydrogen) atoms. The molecule has 5 heteroatoms. The molecule has 0 radical (unpaired) electrons. The van der Waals surface area contributed by atoms with Crippen LogP contribution in [0.15, 0.2) is 12.1 Å². The normalized spacial score (nSPS) is 10.1. The van der Waals surface area contributed by atoms with E-state index in [0.29, 0.717) is 12.0 Å². The molecule has 3 nitrogen and oxygen atoms in total. The average molecular weight is 198 g/mol.